The van der Waals surface area contributed by atoms with Crippen molar-refractivity contribution in [2.45, 2.75) is 213 Å². The van der Waals surface area contributed by atoms with Gasteiger partial charge in [0.25, 0.3) is 0 Å². The van der Waals surface area contributed by atoms with Crippen molar-refractivity contribution < 1.29 is 47.6 Å². The molecular weight excluding hydrogens is 833 g/mol. The van der Waals surface area contributed by atoms with E-state index in [1.807, 2.05) is 13.8 Å². The summed E-state index contributed by atoms with van der Waals surface area (Å²) >= 11 is 0. The number of carbonyl (C=O) groups excluding carboxylic acids is 4. The molecule has 0 unspecified atom stereocenters. The summed E-state index contributed by atoms with van der Waals surface area (Å²) in [6.45, 7) is 32.0. The Morgan fingerprint density at radius 1 is 0.485 bits per heavy atom. The van der Waals surface area contributed by atoms with Gasteiger partial charge in [-0.25, -0.2) is 19.2 Å². The SMILES string of the molecule is C=C(C)C(=O)OC1(C)CCCC1.C=C(C)C(=O)OC1(C)CCCCC1.C=C(C)C(=O)OCOC1(C(C)C)C2CC3CC(C2)CC1C3.C=C(C)C(=O)OCOC1(CC)C2CC3CC(C2)CC1C3. The standard InChI is InChI=1S/C18H28O3.C17H26O3.C11H18O2.C10H16O2/c1-11(2)17(19)20-10-21-18(12(3)4)15-6-13-5-14(8-15)9-16(18)7-13;1-4-17(20-10-19-16(18)11(2)3)14-6-12-5-13(8-14)9-15(17)7-12;1-9(2)10(12)13-11(3)7-5-4-6-8-11;1-8(2)9(11)12-10(3)6-4-5-7-10/h12-16H,1,5-10H2,2-4H3;12-15H,2,4-10H2,1,3H3;1,4-8H2,2-3H3;1,4-7H2,2-3H3. The Morgan fingerprint density at radius 2 is 0.803 bits per heavy atom. The fraction of sp³-hybridized carbons (Fsp3) is 0.786. The molecule has 0 aromatic heterocycles. The maximum Gasteiger partial charge on any atom is 0.335 e. The van der Waals surface area contributed by atoms with E-state index in [-0.39, 0.29) is 59.9 Å². The van der Waals surface area contributed by atoms with Crippen LogP contribution in [0.15, 0.2) is 48.6 Å². The summed E-state index contributed by atoms with van der Waals surface area (Å²) in [5, 5.41) is 0. The average molecular weight is 921 g/mol. The predicted molar refractivity (Wildman–Crippen MR) is 259 cm³/mol. The average Bonchev–Trinajstić information content (AvgIpc) is 3.68. The molecule has 372 valence electrons. The van der Waals surface area contributed by atoms with Crippen molar-refractivity contribution >= 4 is 23.9 Å². The predicted octanol–water partition coefficient (Wildman–Crippen LogP) is 12.9. The Bertz CT molecular complexity index is 1700. The van der Waals surface area contributed by atoms with E-state index in [4.69, 9.17) is 28.4 Å². The minimum absolute atomic E-state index is 0.0389. The van der Waals surface area contributed by atoms with Crippen molar-refractivity contribution in [2.75, 3.05) is 13.6 Å². The van der Waals surface area contributed by atoms with Crippen LogP contribution in [0.1, 0.15) is 191 Å². The smallest absolute Gasteiger partial charge is 0.335 e. The Labute approximate surface area is 398 Å². The molecule has 0 aromatic rings. The van der Waals surface area contributed by atoms with Crippen molar-refractivity contribution in [1.82, 2.24) is 0 Å². The zero-order chi connectivity index (χ0) is 48.6. The molecule has 0 amide bonds. The maximum absolute atomic E-state index is 11.6. The van der Waals surface area contributed by atoms with E-state index < -0.39 is 0 Å². The van der Waals surface area contributed by atoms with Crippen molar-refractivity contribution in [3.05, 3.63) is 48.6 Å². The highest BCUT2D eigenvalue weighted by Gasteiger charge is 2.60. The lowest BCUT2D eigenvalue weighted by Gasteiger charge is -2.62. The molecule has 0 spiro atoms. The van der Waals surface area contributed by atoms with E-state index in [0.29, 0.717) is 51.9 Å². The zero-order valence-corrected chi connectivity index (χ0v) is 42.7. The van der Waals surface area contributed by atoms with Crippen LogP contribution < -0.4 is 0 Å². The number of rotatable bonds is 14. The quantitative estimate of drug-likeness (QED) is 0.0720. The molecule has 10 saturated carbocycles. The first-order chi connectivity index (χ1) is 31.0. The molecule has 0 aliphatic heterocycles. The lowest BCUT2D eigenvalue weighted by molar-refractivity contribution is -0.255. The molecular formula is C56H88O10. The maximum atomic E-state index is 11.6. The molecule has 10 fully saturated rings. The van der Waals surface area contributed by atoms with Gasteiger partial charge in [-0.15, -0.1) is 0 Å². The van der Waals surface area contributed by atoms with Gasteiger partial charge in [-0.05, 0) is 217 Å². The van der Waals surface area contributed by atoms with E-state index >= 15 is 0 Å². The van der Waals surface area contributed by atoms with Gasteiger partial charge in [0.15, 0.2) is 13.6 Å². The molecule has 0 radical (unpaired) electrons. The van der Waals surface area contributed by atoms with Crippen molar-refractivity contribution in [2.24, 2.45) is 53.3 Å². The third kappa shape index (κ3) is 13.1. The Kier molecular flexibility index (Phi) is 18.6. The number of carbonyl (C=O) groups is 4. The summed E-state index contributed by atoms with van der Waals surface area (Å²) in [5.74, 6) is 5.62. The van der Waals surface area contributed by atoms with Crippen molar-refractivity contribution in [3.8, 4) is 0 Å². The van der Waals surface area contributed by atoms with Gasteiger partial charge in [0.2, 0.25) is 0 Å². The van der Waals surface area contributed by atoms with Gasteiger partial charge in [0.05, 0.1) is 11.2 Å². The fourth-order valence-electron chi connectivity index (χ4n) is 14.0. The minimum atomic E-state index is -0.349. The molecule has 8 bridgehead atoms. The van der Waals surface area contributed by atoms with E-state index in [1.165, 1.54) is 96.3 Å². The lowest BCUT2D eigenvalue weighted by Crippen LogP contribution is -2.61. The summed E-state index contributed by atoms with van der Waals surface area (Å²) in [6, 6.07) is 0. The molecule has 0 N–H and O–H groups in total. The Balaban J connectivity index is 0.000000170. The van der Waals surface area contributed by atoms with Crippen LogP contribution in [0.3, 0.4) is 0 Å². The molecule has 0 saturated heterocycles. The third-order valence-electron chi connectivity index (χ3n) is 17.1. The van der Waals surface area contributed by atoms with Gasteiger partial charge < -0.3 is 28.4 Å². The van der Waals surface area contributed by atoms with Crippen LogP contribution in [-0.4, -0.2) is 59.9 Å². The molecule has 10 nitrogen and oxygen atoms in total. The molecule has 10 rings (SSSR count). The summed E-state index contributed by atoms with van der Waals surface area (Å²) in [4.78, 5) is 45.5. The van der Waals surface area contributed by atoms with Gasteiger partial charge in [0.1, 0.15) is 11.2 Å². The van der Waals surface area contributed by atoms with E-state index in [2.05, 4.69) is 47.1 Å². The zero-order valence-electron chi connectivity index (χ0n) is 42.7. The van der Waals surface area contributed by atoms with Crippen molar-refractivity contribution in [3.63, 3.8) is 0 Å². The van der Waals surface area contributed by atoms with Gasteiger partial charge in [-0.1, -0.05) is 53.5 Å². The first-order valence-electron chi connectivity index (χ1n) is 25.8. The van der Waals surface area contributed by atoms with Gasteiger partial charge in [0, 0.05) is 22.3 Å². The largest absolute Gasteiger partial charge is 0.456 e. The number of hydrogen-bond donors (Lipinski definition) is 0. The molecule has 0 aromatic carbocycles. The Hall–Kier alpha value is -3.24. The topological polar surface area (TPSA) is 124 Å². The van der Waals surface area contributed by atoms with Crippen LogP contribution in [0.2, 0.25) is 0 Å². The van der Waals surface area contributed by atoms with E-state index in [0.717, 1.165) is 55.8 Å². The normalized spacial score (nSPS) is 33.4. The second-order valence-electron chi connectivity index (χ2n) is 22.9. The fourth-order valence-corrected chi connectivity index (χ4v) is 14.0. The lowest BCUT2D eigenvalue weighted by atomic mass is 9.47. The first-order valence-corrected chi connectivity index (χ1v) is 25.8. The number of esters is 4. The molecule has 10 aliphatic carbocycles. The van der Waals surface area contributed by atoms with Gasteiger partial charge >= 0.3 is 23.9 Å². The monoisotopic (exact) mass is 921 g/mol. The van der Waals surface area contributed by atoms with Crippen LogP contribution in [0.4, 0.5) is 0 Å². The summed E-state index contributed by atoms with van der Waals surface area (Å²) in [7, 11) is 0. The summed E-state index contributed by atoms with van der Waals surface area (Å²) in [6.07, 6.45) is 24.3. The summed E-state index contributed by atoms with van der Waals surface area (Å²) in [5.41, 5.74) is 1.29. The highest BCUT2D eigenvalue weighted by molar-refractivity contribution is 5.88. The highest BCUT2D eigenvalue weighted by atomic mass is 16.7. The van der Waals surface area contributed by atoms with Crippen LogP contribution >= 0.6 is 0 Å². The third-order valence-corrected chi connectivity index (χ3v) is 17.1. The molecule has 0 atom stereocenters. The second-order valence-corrected chi connectivity index (χ2v) is 22.9. The number of hydrogen-bond acceptors (Lipinski definition) is 10. The minimum Gasteiger partial charge on any atom is -0.456 e. The van der Waals surface area contributed by atoms with E-state index in [9.17, 15) is 19.2 Å². The van der Waals surface area contributed by atoms with Crippen LogP contribution in [0, 0.1) is 53.3 Å². The van der Waals surface area contributed by atoms with Crippen LogP contribution in [0.5, 0.6) is 0 Å². The van der Waals surface area contributed by atoms with Gasteiger partial charge in [-0.3, -0.25) is 0 Å². The summed E-state index contributed by atoms with van der Waals surface area (Å²) < 4.78 is 33.6. The van der Waals surface area contributed by atoms with Crippen LogP contribution in [-0.2, 0) is 47.6 Å². The van der Waals surface area contributed by atoms with Crippen LogP contribution in [0.25, 0.3) is 0 Å². The Morgan fingerprint density at radius 3 is 1.12 bits per heavy atom. The molecule has 10 aliphatic rings. The molecule has 0 heterocycles. The first kappa shape index (κ1) is 53.7. The highest BCUT2D eigenvalue weighted by Crippen LogP contribution is 2.62. The van der Waals surface area contributed by atoms with E-state index in [1.54, 1.807) is 27.7 Å². The number of ether oxygens (including phenoxy) is 6. The molecule has 66 heavy (non-hydrogen) atoms. The molecule has 10 heteroatoms. The van der Waals surface area contributed by atoms with Gasteiger partial charge in [-0.2, -0.15) is 0 Å². The van der Waals surface area contributed by atoms with Crippen molar-refractivity contribution in [1.29, 1.82) is 0 Å². The second kappa shape index (κ2) is 22.9.